The first-order valence-corrected chi connectivity index (χ1v) is 12.0. The fraction of sp³-hybridized carbons (Fsp3) is 0.440. The molecule has 2 aromatic carbocycles. The summed E-state index contributed by atoms with van der Waals surface area (Å²) >= 11 is 1.47. The van der Waals surface area contributed by atoms with Gasteiger partial charge in [-0.3, -0.25) is 9.69 Å². The Bertz CT molecular complexity index is 1030. The Morgan fingerprint density at radius 3 is 2.18 bits per heavy atom. The van der Waals surface area contributed by atoms with E-state index in [9.17, 15) is 4.79 Å². The van der Waals surface area contributed by atoms with E-state index in [1.54, 1.807) is 19.1 Å². The number of nitrogens with zero attached hydrogens (tertiary/aromatic N) is 3. The molecule has 0 unspecified atom stereocenters. The smallest absolute Gasteiger partial charge is 0.260 e. The first-order valence-electron chi connectivity index (χ1n) is 11.2. The Kier molecular flexibility index (Phi) is 10.4. The zero-order chi connectivity index (χ0) is 24.0. The number of methoxy groups -OCH3 is 2. The van der Waals surface area contributed by atoms with Crippen LogP contribution >= 0.6 is 23.7 Å². The number of carbonyl (C=O) groups is 1. The molecule has 34 heavy (non-hydrogen) atoms. The van der Waals surface area contributed by atoms with Crippen LogP contribution in [0.15, 0.2) is 36.4 Å². The summed E-state index contributed by atoms with van der Waals surface area (Å²) in [6.45, 7) is 11.4. The predicted octanol–water partition coefficient (Wildman–Crippen LogP) is 5.51. The Morgan fingerprint density at radius 1 is 1.00 bits per heavy atom. The molecule has 0 atom stereocenters. The third-order valence-electron chi connectivity index (χ3n) is 5.37. The molecule has 0 N–H and O–H groups in total. The van der Waals surface area contributed by atoms with Crippen LogP contribution in [0.3, 0.4) is 0 Å². The summed E-state index contributed by atoms with van der Waals surface area (Å²) in [5, 5.41) is 0.653. The van der Waals surface area contributed by atoms with E-state index in [0.29, 0.717) is 28.7 Å². The van der Waals surface area contributed by atoms with Crippen LogP contribution in [-0.4, -0.2) is 62.3 Å². The highest BCUT2D eigenvalue weighted by atomic mass is 35.5. The molecule has 0 saturated carbocycles. The number of rotatable bonds is 11. The standard InChI is InChI=1S/C25H33N3O4S.ClH/c1-7-27(8-2)13-14-28(24(29)18-9-11-19(12-10-18)32-17(3)4)25-26-20-15-21(30-5)22(31-6)16-23(20)33-25;/h9-12,15-17H,7-8,13-14H2,1-6H3;1H. The SMILES string of the molecule is CCN(CC)CCN(C(=O)c1ccc(OC(C)C)cc1)c1nc2cc(OC)c(OC)cc2s1.Cl. The van der Waals surface area contributed by atoms with Crippen molar-refractivity contribution in [3.8, 4) is 17.2 Å². The summed E-state index contributed by atoms with van der Waals surface area (Å²) in [6, 6.07) is 11.0. The molecule has 0 fully saturated rings. The summed E-state index contributed by atoms with van der Waals surface area (Å²) in [5.41, 5.74) is 1.37. The lowest BCUT2D eigenvalue weighted by molar-refractivity contribution is 0.0983. The molecule has 0 radical (unpaired) electrons. The normalized spacial score (nSPS) is 10.9. The number of anilines is 1. The molecule has 0 saturated heterocycles. The van der Waals surface area contributed by atoms with E-state index in [1.165, 1.54) is 11.3 Å². The van der Waals surface area contributed by atoms with Crippen LogP contribution in [0.1, 0.15) is 38.1 Å². The lowest BCUT2D eigenvalue weighted by atomic mass is 10.2. The van der Waals surface area contributed by atoms with Gasteiger partial charge in [0.2, 0.25) is 0 Å². The van der Waals surface area contributed by atoms with Gasteiger partial charge in [0.05, 0.1) is 30.5 Å². The van der Waals surface area contributed by atoms with Crippen molar-refractivity contribution in [2.24, 2.45) is 0 Å². The van der Waals surface area contributed by atoms with Crippen molar-refractivity contribution in [3.05, 3.63) is 42.0 Å². The molecule has 0 aliphatic heterocycles. The van der Waals surface area contributed by atoms with Crippen LogP contribution in [0.4, 0.5) is 5.13 Å². The van der Waals surface area contributed by atoms with E-state index in [1.807, 2.05) is 50.2 Å². The third-order valence-corrected chi connectivity index (χ3v) is 6.41. The molecule has 0 spiro atoms. The average molecular weight is 508 g/mol. The first kappa shape index (κ1) is 27.7. The number of likely N-dealkylation sites (N-methyl/N-ethyl adjacent to an activating group) is 1. The van der Waals surface area contributed by atoms with Crippen LogP contribution in [0.2, 0.25) is 0 Å². The highest BCUT2D eigenvalue weighted by Gasteiger charge is 2.23. The van der Waals surface area contributed by atoms with E-state index >= 15 is 0 Å². The fourth-order valence-electron chi connectivity index (χ4n) is 3.53. The summed E-state index contributed by atoms with van der Waals surface area (Å²) in [6.07, 6.45) is 0.0776. The van der Waals surface area contributed by atoms with Gasteiger partial charge in [-0.15, -0.1) is 12.4 Å². The maximum atomic E-state index is 13.6. The van der Waals surface area contributed by atoms with Crippen molar-refractivity contribution in [1.29, 1.82) is 0 Å². The van der Waals surface area contributed by atoms with Crippen molar-refractivity contribution in [3.63, 3.8) is 0 Å². The summed E-state index contributed by atoms with van der Waals surface area (Å²) in [7, 11) is 3.21. The first-order chi connectivity index (χ1) is 15.9. The van der Waals surface area contributed by atoms with Gasteiger partial charge in [0.15, 0.2) is 16.6 Å². The zero-order valence-corrected chi connectivity index (χ0v) is 22.3. The van der Waals surface area contributed by atoms with E-state index in [4.69, 9.17) is 19.2 Å². The van der Waals surface area contributed by atoms with Crippen LogP contribution in [0, 0.1) is 0 Å². The maximum Gasteiger partial charge on any atom is 0.260 e. The van der Waals surface area contributed by atoms with Crippen molar-refractivity contribution in [2.75, 3.05) is 45.3 Å². The van der Waals surface area contributed by atoms with Gasteiger partial charge in [-0.1, -0.05) is 25.2 Å². The summed E-state index contributed by atoms with van der Waals surface area (Å²) in [4.78, 5) is 22.4. The minimum Gasteiger partial charge on any atom is -0.493 e. The molecular weight excluding hydrogens is 474 g/mol. The Hall–Kier alpha value is -2.55. The van der Waals surface area contributed by atoms with Gasteiger partial charge in [0.1, 0.15) is 5.75 Å². The van der Waals surface area contributed by atoms with Crippen molar-refractivity contribution < 1.29 is 19.0 Å². The van der Waals surface area contributed by atoms with E-state index in [0.717, 1.165) is 35.6 Å². The molecule has 9 heteroatoms. The van der Waals surface area contributed by atoms with Gasteiger partial charge in [0.25, 0.3) is 5.91 Å². The number of thiazole rings is 1. The maximum absolute atomic E-state index is 13.6. The van der Waals surface area contributed by atoms with Gasteiger partial charge in [-0.2, -0.15) is 0 Å². The number of amides is 1. The van der Waals surface area contributed by atoms with Crippen molar-refractivity contribution in [1.82, 2.24) is 9.88 Å². The summed E-state index contributed by atoms with van der Waals surface area (Å²) in [5.74, 6) is 1.91. The monoisotopic (exact) mass is 507 g/mol. The predicted molar refractivity (Wildman–Crippen MR) is 142 cm³/mol. The van der Waals surface area contributed by atoms with Gasteiger partial charge in [-0.05, 0) is 51.2 Å². The molecule has 186 valence electrons. The van der Waals surface area contributed by atoms with Crippen LogP contribution in [-0.2, 0) is 0 Å². The fourth-order valence-corrected chi connectivity index (χ4v) is 4.53. The minimum absolute atomic E-state index is 0. The number of aromatic nitrogens is 1. The second-order valence-electron chi connectivity index (χ2n) is 7.85. The van der Waals surface area contributed by atoms with Crippen molar-refractivity contribution >= 4 is 45.0 Å². The average Bonchev–Trinajstić information content (AvgIpc) is 3.23. The van der Waals surface area contributed by atoms with Crippen LogP contribution in [0.25, 0.3) is 10.2 Å². The molecule has 1 aromatic heterocycles. The zero-order valence-electron chi connectivity index (χ0n) is 20.7. The number of fused-ring (bicyclic) bond motifs is 1. The lowest BCUT2D eigenvalue weighted by Crippen LogP contribution is -2.38. The van der Waals surface area contributed by atoms with Crippen LogP contribution < -0.4 is 19.1 Å². The number of ether oxygens (including phenoxy) is 3. The molecule has 0 bridgehead atoms. The number of carbonyl (C=O) groups excluding carboxylic acids is 1. The van der Waals surface area contributed by atoms with Gasteiger partial charge in [0, 0.05) is 30.8 Å². The molecule has 7 nitrogen and oxygen atoms in total. The molecular formula is C25H34ClN3O4S. The van der Waals surface area contributed by atoms with Gasteiger partial charge in [-0.25, -0.2) is 4.98 Å². The Labute approximate surface area is 212 Å². The van der Waals surface area contributed by atoms with E-state index in [2.05, 4.69) is 18.7 Å². The Balaban J connectivity index is 0.00000408. The highest BCUT2D eigenvalue weighted by Crippen LogP contribution is 2.37. The van der Waals surface area contributed by atoms with Gasteiger partial charge >= 0.3 is 0 Å². The second kappa shape index (κ2) is 12.8. The quantitative estimate of drug-likeness (QED) is 0.341. The largest absolute Gasteiger partial charge is 0.493 e. The highest BCUT2D eigenvalue weighted by molar-refractivity contribution is 7.22. The minimum atomic E-state index is -0.0868. The van der Waals surface area contributed by atoms with Gasteiger partial charge < -0.3 is 19.1 Å². The van der Waals surface area contributed by atoms with E-state index in [-0.39, 0.29) is 24.4 Å². The molecule has 3 rings (SSSR count). The third kappa shape index (κ3) is 6.52. The summed E-state index contributed by atoms with van der Waals surface area (Å²) < 4.78 is 17.5. The molecule has 0 aliphatic rings. The molecule has 1 heterocycles. The molecule has 1 amide bonds. The Morgan fingerprint density at radius 2 is 1.62 bits per heavy atom. The molecule has 0 aliphatic carbocycles. The molecule has 3 aromatic rings. The topological polar surface area (TPSA) is 64.1 Å². The number of hydrogen-bond donors (Lipinski definition) is 0. The number of hydrogen-bond acceptors (Lipinski definition) is 7. The number of halogens is 1. The lowest BCUT2D eigenvalue weighted by Gasteiger charge is -2.24. The van der Waals surface area contributed by atoms with E-state index < -0.39 is 0 Å². The number of benzene rings is 2. The second-order valence-corrected chi connectivity index (χ2v) is 8.86. The van der Waals surface area contributed by atoms with Crippen LogP contribution in [0.5, 0.6) is 17.2 Å². The van der Waals surface area contributed by atoms with Crippen molar-refractivity contribution in [2.45, 2.75) is 33.8 Å².